The van der Waals surface area contributed by atoms with Crippen LogP contribution in [0.1, 0.15) is 5.56 Å². The molecule has 0 aliphatic carbocycles. The highest BCUT2D eigenvalue weighted by Gasteiger charge is 2.30. The molecule has 0 unspecified atom stereocenters. The van der Waals surface area contributed by atoms with Crippen LogP contribution < -0.4 is 15.4 Å². The molecule has 0 saturated carbocycles. The van der Waals surface area contributed by atoms with Crippen LogP contribution in [-0.4, -0.2) is 11.5 Å². The van der Waals surface area contributed by atoms with Gasteiger partial charge >= 0.3 is 6.36 Å². The van der Waals surface area contributed by atoms with Crippen LogP contribution in [0, 0.1) is 12.7 Å². The Morgan fingerprint density at radius 3 is 2.26 bits per heavy atom. The van der Waals surface area contributed by atoms with Crippen molar-refractivity contribution >= 4 is 28.7 Å². The van der Waals surface area contributed by atoms with Crippen LogP contribution in [0.15, 0.2) is 42.5 Å². The molecular weight excluding hydrogens is 332 g/mol. The molecule has 0 fully saturated rings. The van der Waals surface area contributed by atoms with Crippen molar-refractivity contribution in [2.45, 2.75) is 13.3 Å². The van der Waals surface area contributed by atoms with E-state index < -0.39 is 12.2 Å². The van der Waals surface area contributed by atoms with E-state index in [1.165, 1.54) is 18.2 Å². The van der Waals surface area contributed by atoms with Crippen molar-refractivity contribution < 1.29 is 22.3 Å². The Morgan fingerprint density at radius 2 is 1.70 bits per heavy atom. The largest absolute Gasteiger partial charge is 0.573 e. The Morgan fingerprint density at radius 1 is 1.04 bits per heavy atom. The van der Waals surface area contributed by atoms with Gasteiger partial charge in [-0.15, -0.1) is 13.2 Å². The third-order valence-electron chi connectivity index (χ3n) is 2.72. The Hall–Kier alpha value is -2.35. The molecule has 3 nitrogen and oxygen atoms in total. The van der Waals surface area contributed by atoms with Crippen LogP contribution in [0.2, 0.25) is 0 Å². The number of nitrogens with one attached hydrogen (secondary N) is 2. The maximum absolute atomic E-state index is 13.7. The summed E-state index contributed by atoms with van der Waals surface area (Å²) in [6.45, 7) is 1.76. The Labute approximate surface area is 135 Å². The molecule has 2 aromatic carbocycles. The fourth-order valence-corrected chi connectivity index (χ4v) is 1.97. The lowest BCUT2D eigenvalue weighted by molar-refractivity contribution is -0.274. The molecule has 2 aromatic rings. The van der Waals surface area contributed by atoms with Gasteiger partial charge in [0.1, 0.15) is 11.6 Å². The van der Waals surface area contributed by atoms with E-state index in [0.29, 0.717) is 5.69 Å². The van der Waals surface area contributed by atoms with Crippen molar-refractivity contribution in [2.75, 3.05) is 10.6 Å². The topological polar surface area (TPSA) is 33.3 Å². The quantitative estimate of drug-likeness (QED) is 0.616. The van der Waals surface area contributed by atoms with E-state index in [4.69, 9.17) is 12.2 Å². The average molecular weight is 344 g/mol. The summed E-state index contributed by atoms with van der Waals surface area (Å²) in [6, 6.07) is 9.63. The van der Waals surface area contributed by atoms with Crippen molar-refractivity contribution in [3.63, 3.8) is 0 Å². The second kappa shape index (κ2) is 6.82. The monoisotopic (exact) mass is 344 g/mol. The van der Waals surface area contributed by atoms with Crippen molar-refractivity contribution in [1.29, 1.82) is 0 Å². The summed E-state index contributed by atoms with van der Waals surface area (Å²) in [7, 11) is 0. The van der Waals surface area contributed by atoms with E-state index in [1.54, 1.807) is 19.1 Å². The standard InChI is InChI=1S/C15H12F4N2OS/c1-9-2-7-13(12(16)8-9)21-14(23)20-10-3-5-11(6-4-10)22-15(17,18)19/h2-8H,1H3,(H2,20,21,23). The van der Waals surface area contributed by atoms with Crippen molar-refractivity contribution in [2.24, 2.45) is 0 Å². The van der Waals surface area contributed by atoms with E-state index in [1.807, 2.05) is 0 Å². The van der Waals surface area contributed by atoms with Gasteiger partial charge < -0.3 is 15.4 Å². The maximum Gasteiger partial charge on any atom is 0.573 e. The predicted molar refractivity (Wildman–Crippen MR) is 84.1 cm³/mol. The maximum atomic E-state index is 13.7. The van der Waals surface area contributed by atoms with Crippen molar-refractivity contribution in [3.05, 3.63) is 53.8 Å². The molecule has 0 radical (unpaired) electrons. The number of hydrogen-bond acceptors (Lipinski definition) is 2. The molecule has 0 amide bonds. The number of hydrogen-bond donors (Lipinski definition) is 2. The van der Waals surface area contributed by atoms with Gasteiger partial charge in [-0.2, -0.15) is 0 Å². The van der Waals surface area contributed by atoms with E-state index in [2.05, 4.69) is 15.4 Å². The number of ether oxygens (including phenoxy) is 1. The molecule has 0 aliphatic heterocycles. The van der Waals surface area contributed by atoms with Gasteiger partial charge in [0.05, 0.1) is 5.69 Å². The van der Waals surface area contributed by atoms with E-state index in [-0.39, 0.29) is 16.5 Å². The first-order chi connectivity index (χ1) is 10.7. The summed E-state index contributed by atoms with van der Waals surface area (Å²) in [6.07, 6.45) is -4.74. The van der Waals surface area contributed by atoms with Crippen LogP contribution in [0.25, 0.3) is 0 Å². The predicted octanol–water partition coefficient (Wildman–Crippen LogP) is 4.84. The Bertz CT molecular complexity index is 702. The number of alkyl halides is 3. The lowest BCUT2D eigenvalue weighted by atomic mass is 10.2. The van der Waals surface area contributed by atoms with Crippen molar-refractivity contribution in [1.82, 2.24) is 0 Å². The zero-order valence-corrected chi connectivity index (χ0v) is 12.7. The van der Waals surface area contributed by atoms with Gasteiger partial charge in [-0.1, -0.05) is 6.07 Å². The van der Waals surface area contributed by atoms with E-state index in [9.17, 15) is 17.6 Å². The minimum atomic E-state index is -4.74. The molecule has 23 heavy (non-hydrogen) atoms. The second-order valence-corrected chi connectivity index (χ2v) is 5.04. The third kappa shape index (κ3) is 5.41. The summed E-state index contributed by atoms with van der Waals surface area (Å²) in [5.41, 5.74) is 1.40. The van der Waals surface area contributed by atoms with Gasteiger partial charge in [-0.3, -0.25) is 0 Å². The first-order valence-corrected chi connectivity index (χ1v) is 6.84. The normalized spacial score (nSPS) is 11.0. The van der Waals surface area contributed by atoms with Gasteiger partial charge in [-0.25, -0.2) is 4.39 Å². The third-order valence-corrected chi connectivity index (χ3v) is 2.92. The summed E-state index contributed by atoms with van der Waals surface area (Å²) >= 11 is 5.03. The van der Waals surface area contributed by atoms with E-state index in [0.717, 1.165) is 17.7 Å². The Kier molecular flexibility index (Phi) is 5.05. The fourth-order valence-electron chi connectivity index (χ4n) is 1.75. The molecule has 2 rings (SSSR count). The SMILES string of the molecule is Cc1ccc(NC(=S)Nc2ccc(OC(F)(F)F)cc2)c(F)c1. The molecule has 0 saturated heterocycles. The zero-order valence-electron chi connectivity index (χ0n) is 11.9. The number of anilines is 2. The smallest absolute Gasteiger partial charge is 0.406 e. The first kappa shape index (κ1) is 17.0. The van der Waals surface area contributed by atoms with Gasteiger partial charge in [-0.05, 0) is 61.1 Å². The summed E-state index contributed by atoms with van der Waals surface area (Å²) in [5.74, 6) is -0.797. The fraction of sp³-hybridized carbons (Fsp3) is 0.133. The number of halogens is 4. The highest BCUT2D eigenvalue weighted by molar-refractivity contribution is 7.80. The molecule has 122 valence electrons. The molecule has 0 spiro atoms. The molecule has 0 atom stereocenters. The lowest BCUT2D eigenvalue weighted by Gasteiger charge is -2.13. The van der Waals surface area contributed by atoms with Gasteiger partial charge in [0.2, 0.25) is 0 Å². The molecule has 0 bridgehead atoms. The van der Waals surface area contributed by atoms with Crippen molar-refractivity contribution in [3.8, 4) is 5.75 Å². The number of aryl methyl sites for hydroxylation is 1. The van der Waals surface area contributed by atoms with Crippen LogP contribution in [0.5, 0.6) is 5.75 Å². The van der Waals surface area contributed by atoms with E-state index >= 15 is 0 Å². The molecular formula is C15H12F4N2OS. The highest BCUT2D eigenvalue weighted by Crippen LogP contribution is 2.24. The number of thiocarbonyl (C=S) groups is 1. The average Bonchev–Trinajstić information content (AvgIpc) is 2.42. The summed E-state index contributed by atoms with van der Waals surface area (Å²) in [4.78, 5) is 0. The molecule has 0 heterocycles. The number of benzene rings is 2. The molecule has 0 aromatic heterocycles. The Balaban J connectivity index is 1.97. The van der Waals surface area contributed by atoms with Gasteiger partial charge in [0, 0.05) is 5.69 Å². The first-order valence-electron chi connectivity index (χ1n) is 6.43. The minimum absolute atomic E-state index is 0.109. The van der Waals surface area contributed by atoms with Crippen LogP contribution >= 0.6 is 12.2 Å². The second-order valence-electron chi connectivity index (χ2n) is 4.63. The minimum Gasteiger partial charge on any atom is -0.406 e. The van der Waals surface area contributed by atoms with Gasteiger partial charge in [0.25, 0.3) is 0 Å². The number of rotatable bonds is 3. The molecule has 8 heteroatoms. The van der Waals surface area contributed by atoms with Crippen LogP contribution in [0.3, 0.4) is 0 Å². The molecule has 0 aliphatic rings. The lowest BCUT2D eigenvalue weighted by Crippen LogP contribution is -2.20. The highest BCUT2D eigenvalue weighted by atomic mass is 32.1. The summed E-state index contributed by atoms with van der Waals surface area (Å²) in [5, 5.41) is 5.52. The molecule has 2 N–H and O–H groups in total. The summed E-state index contributed by atoms with van der Waals surface area (Å²) < 4.78 is 53.6. The van der Waals surface area contributed by atoms with Gasteiger partial charge in [0.15, 0.2) is 5.11 Å². The zero-order chi connectivity index (χ0) is 17.0. The van der Waals surface area contributed by atoms with Crippen LogP contribution in [-0.2, 0) is 0 Å². The van der Waals surface area contributed by atoms with Crippen LogP contribution in [0.4, 0.5) is 28.9 Å².